The average molecular weight is 369 g/mol. The van der Waals surface area contributed by atoms with Crippen molar-refractivity contribution in [2.24, 2.45) is 0 Å². The number of nitrogens with zero attached hydrogens (tertiary/aromatic N) is 1. The van der Waals surface area contributed by atoms with Crippen LogP contribution in [0.15, 0.2) is 66.2 Å². The molecule has 0 fully saturated rings. The van der Waals surface area contributed by atoms with Crippen LogP contribution in [0.2, 0.25) is 0 Å². The predicted molar refractivity (Wildman–Crippen MR) is 100 cm³/mol. The van der Waals surface area contributed by atoms with Gasteiger partial charge in [0.15, 0.2) is 0 Å². The number of thiophene rings is 1. The van der Waals surface area contributed by atoms with Crippen molar-refractivity contribution < 1.29 is 13.2 Å². The number of fused-ring (bicyclic) bond motifs is 1. The molecule has 26 heavy (non-hydrogen) atoms. The summed E-state index contributed by atoms with van der Waals surface area (Å²) in [4.78, 5) is 5.02. The molecule has 0 N–H and O–H groups in total. The molecule has 0 bridgehead atoms. The highest BCUT2D eigenvalue weighted by molar-refractivity contribution is 7.14. The fourth-order valence-corrected chi connectivity index (χ4v) is 4.17. The lowest BCUT2D eigenvalue weighted by Gasteiger charge is -2.13. The van der Waals surface area contributed by atoms with Crippen LogP contribution < -0.4 is 0 Å². The average Bonchev–Trinajstić information content (AvgIpc) is 3.10. The Kier molecular flexibility index (Phi) is 4.04. The lowest BCUT2D eigenvalue weighted by Crippen LogP contribution is -2.06. The Hall–Kier alpha value is -2.66. The summed E-state index contributed by atoms with van der Waals surface area (Å²) in [5.41, 5.74) is 3.11. The summed E-state index contributed by atoms with van der Waals surface area (Å²) in [6, 6.07) is 16.2. The van der Waals surface area contributed by atoms with E-state index in [1.807, 2.05) is 48.7 Å². The first-order valence-corrected chi connectivity index (χ1v) is 8.93. The molecule has 0 radical (unpaired) electrons. The first-order valence-electron chi connectivity index (χ1n) is 8.05. The minimum absolute atomic E-state index is 0.00439. The van der Waals surface area contributed by atoms with E-state index in [0.29, 0.717) is 5.39 Å². The second kappa shape index (κ2) is 6.25. The molecule has 0 aliphatic rings. The first kappa shape index (κ1) is 16.8. The summed E-state index contributed by atoms with van der Waals surface area (Å²) in [6.07, 6.45) is -2.90. The molecule has 5 heteroatoms. The van der Waals surface area contributed by atoms with Crippen molar-refractivity contribution in [3.63, 3.8) is 0 Å². The van der Waals surface area contributed by atoms with Gasteiger partial charge >= 0.3 is 6.18 Å². The molecule has 0 saturated carbocycles. The lowest BCUT2D eigenvalue weighted by molar-refractivity contribution is -0.136. The van der Waals surface area contributed by atoms with Crippen LogP contribution in [0.3, 0.4) is 0 Å². The maximum Gasteiger partial charge on any atom is 0.418 e. The number of rotatable bonds is 2. The third-order valence-electron chi connectivity index (χ3n) is 4.35. The Morgan fingerprint density at radius 3 is 2.42 bits per heavy atom. The molecular weight excluding hydrogens is 355 g/mol. The van der Waals surface area contributed by atoms with Gasteiger partial charge in [-0.15, -0.1) is 11.3 Å². The van der Waals surface area contributed by atoms with E-state index in [9.17, 15) is 13.2 Å². The van der Waals surface area contributed by atoms with Crippen molar-refractivity contribution in [2.75, 3.05) is 0 Å². The lowest BCUT2D eigenvalue weighted by atomic mass is 9.99. The van der Waals surface area contributed by atoms with E-state index in [-0.39, 0.29) is 5.52 Å². The maximum absolute atomic E-state index is 13.3. The van der Waals surface area contributed by atoms with E-state index in [1.165, 1.54) is 23.6 Å². The van der Waals surface area contributed by atoms with Crippen LogP contribution >= 0.6 is 11.3 Å². The van der Waals surface area contributed by atoms with Crippen molar-refractivity contribution in [3.8, 4) is 21.6 Å². The quantitative estimate of drug-likeness (QED) is 0.372. The van der Waals surface area contributed by atoms with Gasteiger partial charge in [-0.1, -0.05) is 42.5 Å². The minimum Gasteiger partial charge on any atom is -0.255 e. The second-order valence-corrected chi connectivity index (χ2v) is 6.99. The van der Waals surface area contributed by atoms with Crippen molar-refractivity contribution in [1.29, 1.82) is 0 Å². The summed E-state index contributed by atoms with van der Waals surface area (Å²) in [5.74, 6) is 0. The number of aryl methyl sites for hydroxylation is 1. The summed E-state index contributed by atoms with van der Waals surface area (Å²) in [7, 11) is 0. The molecule has 2 aromatic heterocycles. The Balaban J connectivity index is 1.93. The number of aromatic nitrogens is 1. The van der Waals surface area contributed by atoms with Gasteiger partial charge in [-0.25, -0.2) is 0 Å². The van der Waals surface area contributed by atoms with E-state index >= 15 is 0 Å². The van der Waals surface area contributed by atoms with Gasteiger partial charge in [-0.3, -0.25) is 4.98 Å². The number of halogens is 3. The van der Waals surface area contributed by atoms with Gasteiger partial charge in [0.05, 0.1) is 11.1 Å². The van der Waals surface area contributed by atoms with E-state index < -0.39 is 11.7 Å². The van der Waals surface area contributed by atoms with Crippen molar-refractivity contribution in [1.82, 2.24) is 4.98 Å². The molecule has 0 aliphatic carbocycles. The monoisotopic (exact) mass is 369 g/mol. The topological polar surface area (TPSA) is 12.9 Å². The van der Waals surface area contributed by atoms with Gasteiger partial charge in [-0.2, -0.15) is 13.2 Å². The Bertz CT molecular complexity index is 1080. The summed E-state index contributed by atoms with van der Waals surface area (Å²) < 4.78 is 40.0. The minimum atomic E-state index is -4.43. The summed E-state index contributed by atoms with van der Waals surface area (Å²) >= 11 is 1.53. The Morgan fingerprint density at radius 1 is 0.923 bits per heavy atom. The van der Waals surface area contributed by atoms with E-state index in [1.54, 1.807) is 6.07 Å². The summed E-state index contributed by atoms with van der Waals surface area (Å²) in [6.45, 7) is 1.88. The Labute approximate surface area is 152 Å². The number of hydrogen-bond acceptors (Lipinski definition) is 2. The normalized spacial score (nSPS) is 11.8. The van der Waals surface area contributed by atoms with Crippen LogP contribution in [0.25, 0.3) is 32.5 Å². The van der Waals surface area contributed by atoms with Crippen LogP contribution in [0.4, 0.5) is 13.2 Å². The molecule has 0 amide bonds. The molecule has 130 valence electrons. The molecule has 2 aromatic carbocycles. The third-order valence-corrected chi connectivity index (χ3v) is 5.29. The van der Waals surface area contributed by atoms with Crippen LogP contribution in [0.5, 0.6) is 0 Å². The molecule has 0 aliphatic heterocycles. The van der Waals surface area contributed by atoms with E-state index in [4.69, 9.17) is 0 Å². The largest absolute Gasteiger partial charge is 0.418 e. The third kappa shape index (κ3) is 2.88. The molecule has 1 nitrogen and oxygen atoms in total. The zero-order valence-electron chi connectivity index (χ0n) is 13.8. The highest BCUT2D eigenvalue weighted by Gasteiger charge is 2.33. The highest BCUT2D eigenvalue weighted by atomic mass is 32.1. The maximum atomic E-state index is 13.3. The predicted octanol–water partition coefficient (Wildman–Crippen LogP) is 6.96. The number of alkyl halides is 3. The van der Waals surface area contributed by atoms with E-state index in [2.05, 4.69) is 4.98 Å². The number of benzene rings is 2. The van der Waals surface area contributed by atoms with Gasteiger partial charge in [0.1, 0.15) is 0 Å². The Morgan fingerprint density at radius 2 is 1.69 bits per heavy atom. The van der Waals surface area contributed by atoms with Gasteiger partial charge < -0.3 is 0 Å². The molecule has 0 saturated heterocycles. The van der Waals surface area contributed by atoms with Gasteiger partial charge in [-0.05, 0) is 41.1 Å². The van der Waals surface area contributed by atoms with Crippen molar-refractivity contribution >= 4 is 22.2 Å². The molecule has 4 aromatic rings. The summed E-state index contributed by atoms with van der Waals surface area (Å²) in [5, 5.41) is 2.56. The fraction of sp³-hybridized carbons (Fsp3) is 0.0952. The van der Waals surface area contributed by atoms with Gasteiger partial charge in [0.2, 0.25) is 0 Å². The zero-order chi connectivity index (χ0) is 18.3. The van der Waals surface area contributed by atoms with Crippen molar-refractivity contribution in [2.45, 2.75) is 13.1 Å². The van der Waals surface area contributed by atoms with Crippen molar-refractivity contribution in [3.05, 3.63) is 77.3 Å². The zero-order valence-corrected chi connectivity index (χ0v) is 14.7. The van der Waals surface area contributed by atoms with Crippen LogP contribution in [-0.4, -0.2) is 4.98 Å². The van der Waals surface area contributed by atoms with E-state index in [0.717, 1.165) is 33.2 Å². The van der Waals surface area contributed by atoms with Gasteiger partial charge in [0.25, 0.3) is 0 Å². The smallest absolute Gasteiger partial charge is 0.255 e. The first-order chi connectivity index (χ1) is 12.4. The molecule has 0 atom stereocenters. The molecule has 0 spiro atoms. The standard InChI is InChI=1S/C21H14F3NS/c1-13-11-25-20-16(8-5-9-17(20)21(22,23)24)19(13)18-10-15(12-26-18)14-6-3-2-4-7-14/h2-12H,1H3. The fourth-order valence-electron chi connectivity index (χ4n) is 3.13. The molecule has 2 heterocycles. The highest BCUT2D eigenvalue weighted by Crippen LogP contribution is 2.41. The second-order valence-electron chi connectivity index (χ2n) is 6.08. The van der Waals surface area contributed by atoms with Crippen LogP contribution in [0, 0.1) is 6.92 Å². The molecule has 0 unspecified atom stereocenters. The van der Waals surface area contributed by atoms with Gasteiger partial charge in [0, 0.05) is 22.0 Å². The number of pyridine rings is 1. The number of para-hydroxylation sites is 1. The SMILES string of the molecule is Cc1cnc2c(C(F)(F)F)cccc2c1-c1cc(-c2ccccc2)cs1. The van der Waals surface area contributed by atoms with Crippen LogP contribution in [-0.2, 0) is 6.18 Å². The molecule has 4 rings (SSSR count). The molecular formula is C21H14F3NS. The van der Waals surface area contributed by atoms with Crippen LogP contribution in [0.1, 0.15) is 11.1 Å². The number of hydrogen-bond donors (Lipinski definition) is 0.